The van der Waals surface area contributed by atoms with Crippen molar-refractivity contribution in [3.63, 3.8) is 0 Å². The van der Waals surface area contributed by atoms with Crippen molar-refractivity contribution in [3.05, 3.63) is 0 Å². The zero-order chi connectivity index (χ0) is 13.4. The molecule has 1 amide bonds. The number of aliphatic hydroxyl groups excluding tert-OH is 1. The van der Waals surface area contributed by atoms with E-state index in [4.69, 9.17) is 14.2 Å². The fourth-order valence-corrected chi connectivity index (χ4v) is 2.39. The number of nitrogens with zero attached hydrogens (tertiary/aromatic N) is 1. The van der Waals surface area contributed by atoms with E-state index in [0.717, 1.165) is 25.7 Å². The molecule has 106 valence electrons. The van der Waals surface area contributed by atoms with E-state index < -0.39 is 0 Å². The molecule has 0 bridgehead atoms. The third-order valence-electron chi connectivity index (χ3n) is 3.25. The lowest BCUT2D eigenvalue weighted by Crippen LogP contribution is -2.51. The molecule has 1 N–H and O–H groups in total. The number of ether oxygens (including phenoxy) is 3. The van der Waals surface area contributed by atoms with Crippen LogP contribution >= 0.6 is 0 Å². The average Bonchev–Trinajstić information content (AvgIpc) is 2.42. The molecule has 1 saturated heterocycles. The number of hydrogen-bond acceptors (Lipinski definition) is 5. The molecule has 0 aliphatic carbocycles. The zero-order valence-electron chi connectivity index (χ0n) is 11.1. The molecular formula is C12H23NO5. The van der Waals surface area contributed by atoms with E-state index in [0.29, 0.717) is 6.61 Å². The Labute approximate surface area is 108 Å². The van der Waals surface area contributed by atoms with Gasteiger partial charge in [-0.15, -0.1) is 0 Å². The van der Waals surface area contributed by atoms with Gasteiger partial charge in [-0.2, -0.15) is 0 Å². The molecule has 0 aromatic carbocycles. The van der Waals surface area contributed by atoms with Crippen LogP contribution < -0.4 is 0 Å². The summed E-state index contributed by atoms with van der Waals surface area (Å²) in [5.41, 5.74) is 0. The maximum Gasteiger partial charge on any atom is 0.410 e. The third kappa shape index (κ3) is 4.12. The van der Waals surface area contributed by atoms with E-state index in [1.54, 1.807) is 12.0 Å². The monoisotopic (exact) mass is 261 g/mol. The number of aliphatic hydroxyl groups is 1. The number of carbonyl (C=O) groups excluding carboxylic acids is 1. The van der Waals surface area contributed by atoms with Crippen molar-refractivity contribution in [1.29, 1.82) is 0 Å². The maximum atomic E-state index is 11.8. The zero-order valence-corrected chi connectivity index (χ0v) is 11.1. The lowest BCUT2D eigenvalue weighted by atomic mass is 9.94. The standard InChI is InChI=1S/C12H23NO5/c1-16-9-18-7-6-10-4-3-5-11(8-14)13(10)12(15)17-2/h10-11,14H,3-9H2,1-2H3/t10-,11+/m1/s1. The largest absolute Gasteiger partial charge is 0.453 e. The lowest BCUT2D eigenvalue weighted by molar-refractivity contribution is -0.0419. The molecule has 1 aliphatic heterocycles. The van der Waals surface area contributed by atoms with Gasteiger partial charge in [-0.25, -0.2) is 4.79 Å². The van der Waals surface area contributed by atoms with Crippen LogP contribution in [0.15, 0.2) is 0 Å². The minimum atomic E-state index is -0.370. The Morgan fingerprint density at radius 3 is 2.67 bits per heavy atom. The SMILES string of the molecule is COCOCC[C@H]1CCC[C@@H](CO)N1C(=O)OC. The summed E-state index contributed by atoms with van der Waals surface area (Å²) in [4.78, 5) is 13.4. The van der Waals surface area contributed by atoms with E-state index in [1.807, 2.05) is 0 Å². The van der Waals surface area contributed by atoms with E-state index in [2.05, 4.69) is 0 Å². The Morgan fingerprint density at radius 1 is 1.33 bits per heavy atom. The van der Waals surface area contributed by atoms with Gasteiger partial charge in [0, 0.05) is 13.2 Å². The van der Waals surface area contributed by atoms with Crippen molar-refractivity contribution in [3.8, 4) is 0 Å². The molecule has 1 aliphatic rings. The number of piperidine rings is 1. The molecule has 0 radical (unpaired) electrons. The van der Waals surface area contributed by atoms with Gasteiger partial charge in [-0.05, 0) is 25.7 Å². The predicted molar refractivity (Wildman–Crippen MR) is 65.2 cm³/mol. The topological polar surface area (TPSA) is 68.2 Å². The highest BCUT2D eigenvalue weighted by atomic mass is 16.7. The molecular weight excluding hydrogens is 238 g/mol. The van der Waals surface area contributed by atoms with Crippen molar-refractivity contribution in [2.45, 2.75) is 37.8 Å². The van der Waals surface area contributed by atoms with Crippen molar-refractivity contribution < 1.29 is 24.1 Å². The van der Waals surface area contributed by atoms with Gasteiger partial charge in [-0.3, -0.25) is 4.90 Å². The van der Waals surface area contributed by atoms with Crippen molar-refractivity contribution in [2.24, 2.45) is 0 Å². The minimum Gasteiger partial charge on any atom is -0.453 e. The maximum absolute atomic E-state index is 11.8. The normalized spacial score (nSPS) is 24.1. The number of amides is 1. The Kier molecular flexibility index (Phi) is 7.00. The Bertz CT molecular complexity index is 249. The molecule has 2 atom stereocenters. The second-order valence-corrected chi connectivity index (χ2v) is 4.40. The second-order valence-electron chi connectivity index (χ2n) is 4.40. The van der Waals surface area contributed by atoms with E-state index in [9.17, 15) is 9.90 Å². The summed E-state index contributed by atoms with van der Waals surface area (Å²) >= 11 is 0. The van der Waals surface area contributed by atoms with Crippen molar-refractivity contribution >= 4 is 6.09 Å². The molecule has 1 heterocycles. The van der Waals surface area contributed by atoms with E-state index in [-0.39, 0.29) is 31.6 Å². The van der Waals surface area contributed by atoms with Crippen LogP contribution in [0, 0.1) is 0 Å². The first-order valence-corrected chi connectivity index (χ1v) is 6.28. The van der Waals surface area contributed by atoms with Crippen LogP contribution in [-0.2, 0) is 14.2 Å². The first kappa shape index (κ1) is 15.2. The van der Waals surface area contributed by atoms with Crippen LogP contribution in [0.1, 0.15) is 25.7 Å². The van der Waals surface area contributed by atoms with Gasteiger partial charge in [0.2, 0.25) is 0 Å². The summed E-state index contributed by atoms with van der Waals surface area (Å²) in [7, 11) is 2.94. The van der Waals surface area contributed by atoms with Crippen LogP contribution in [0.3, 0.4) is 0 Å². The van der Waals surface area contributed by atoms with Crippen LogP contribution in [0.4, 0.5) is 4.79 Å². The number of rotatable bonds is 6. The van der Waals surface area contributed by atoms with Gasteiger partial charge in [0.15, 0.2) is 0 Å². The molecule has 0 unspecified atom stereocenters. The van der Waals surface area contributed by atoms with Gasteiger partial charge < -0.3 is 19.3 Å². The summed E-state index contributed by atoms with van der Waals surface area (Å²) in [5, 5.41) is 9.33. The fourth-order valence-electron chi connectivity index (χ4n) is 2.39. The van der Waals surface area contributed by atoms with Crippen molar-refractivity contribution in [2.75, 3.05) is 34.2 Å². The van der Waals surface area contributed by atoms with Crippen LogP contribution in [0.5, 0.6) is 0 Å². The third-order valence-corrected chi connectivity index (χ3v) is 3.25. The molecule has 1 fully saturated rings. The van der Waals surface area contributed by atoms with Crippen LogP contribution in [0.25, 0.3) is 0 Å². The molecule has 1 rings (SSSR count). The Hall–Kier alpha value is -0.850. The van der Waals surface area contributed by atoms with Gasteiger partial charge >= 0.3 is 6.09 Å². The van der Waals surface area contributed by atoms with E-state index in [1.165, 1.54) is 7.11 Å². The smallest absolute Gasteiger partial charge is 0.410 e. The molecule has 6 heteroatoms. The quantitative estimate of drug-likeness (QED) is 0.570. The lowest BCUT2D eigenvalue weighted by Gasteiger charge is -2.40. The van der Waals surface area contributed by atoms with Gasteiger partial charge in [0.25, 0.3) is 0 Å². The van der Waals surface area contributed by atoms with E-state index >= 15 is 0 Å². The summed E-state index contributed by atoms with van der Waals surface area (Å²) in [6, 6.07) is -0.0705. The average molecular weight is 261 g/mol. The highest BCUT2D eigenvalue weighted by Crippen LogP contribution is 2.25. The molecule has 0 aromatic heterocycles. The summed E-state index contributed by atoms with van der Waals surface area (Å²) in [6.45, 7) is 0.767. The Morgan fingerprint density at radius 2 is 2.06 bits per heavy atom. The summed E-state index contributed by atoms with van der Waals surface area (Å²) in [6.07, 6.45) is 3.11. The fraction of sp³-hybridized carbons (Fsp3) is 0.917. The summed E-state index contributed by atoms with van der Waals surface area (Å²) < 4.78 is 14.8. The number of carbonyl (C=O) groups is 1. The highest BCUT2D eigenvalue weighted by molar-refractivity contribution is 5.68. The first-order chi connectivity index (χ1) is 8.74. The molecule has 18 heavy (non-hydrogen) atoms. The van der Waals surface area contributed by atoms with Gasteiger partial charge in [0.1, 0.15) is 6.79 Å². The molecule has 0 aromatic rings. The highest BCUT2D eigenvalue weighted by Gasteiger charge is 2.34. The van der Waals surface area contributed by atoms with Crippen LogP contribution in [0.2, 0.25) is 0 Å². The number of methoxy groups -OCH3 is 2. The minimum absolute atomic E-state index is 0.0233. The summed E-state index contributed by atoms with van der Waals surface area (Å²) in [5.74, 6) is 0. The number of hydrogen-bond donors (Lipinski definition) is 1. The van der Waals surface area contributed by atoms with Crippen LogP contribution in [-0.4, -0.2) is 62.4 Å². The molecule has 0 saturated carbocycles. The van der Waals surface area contributed by atoms with Crippen molar-refractivity contribution in [1.82, 2.24) is 4.90 Å². The number of likely N-dealkylation sites (tertiary alicyclic amines) is 1. The molecule has 6 nitrogen and oxygen atoms in total. The first-order valence-electron chi connectivity index (χ1n) is 6.28. The Balaban J connectivity index is 2.52. The second kappa shape index (κ2) is 8.29. The van der Waals surface area contributed by atoms with Gasteiger partial charge in [0.05, 0.1) is 26.4 Å². The van der Waals surface area contributed by atoms with Gasteiger partial charge in [-0.1, -0.05) is 0 Å². The predicted octanol–water partition coefficient (Wildman–Crippen LogP) is 0.979. The molecule has 0 spiro atoms.